The minimum atomic E-state index is -3.69. The molecule has 34 heavy (non-hydrogen) atoms. The number of esters is 1. The van der Waals surface area contributed by atoms with Gasteiger partial charge < -0.3 is 14.8 Å². The Labute approximate surface area is 196 Å². The van der Waals surface area contributed by atoms with Crippen molar-refractivity contribution in [3.05, 3.63) is 58.1 Å². The molecule has 0 aliphatic carbocycles. The molecular weight excluding hydrogens is 466 g/mol. The minimum Gasteiger partial charge on any atom is -0.490 e. The Balaban J connectivity index is 1.63. The largest absolute Gasteiger partial charge is 0.490 e. The first kappa shape index (κ1) is 25.1. The van der Waals surface area contributed by atoms with Crippen molar-refractivity contribution in [2.24, 2.45) is 0 Å². The minimum absolute atomic E-state index is 0.0192. The molecule has 0 spiro atoms. The number of carbonyl (C=O) groups is 2. The van der Waals surface area contributed by atoms with E-state index in [1.165, 1.54) is 47.8 Å². The zero-order chi connectivity index (χ0) is 24.7. The number of benzene rings is 2. The number of nitrogens with zero attached hydrogens (tertiary/aromatic N) is 2. The Morgan fingerprint density at radius 1 is 1.09 bits per heavy atom. The summed E-state index contributed by atoms with van der Waals surface area (Å²) in [6, 6.07) is 9.39. The van der Waals surface area contributed by atoms with Crippen LogP contribution in [-0.4, -0.2) is 56.3 Å². The molecule has 11 nitrogen and oxygen atoms in total. The molecule has 1 N–H and O–H groups in total. The van der Waals surface area contributed by atoms with Crippen molar-refractivity contribution in [1.29, 1.82) is 0 Å². The van der Waals surface area contributed by atoms with Crippen LogP contribution in [0.3, 0.4) is 0 Å². The predicted molar refractivity (Wildman–Crippen MR) is 122 cm³/mol. The highest BCUT2D eigenvalue weighted by Crippen LogP contribution is 2.28. The first-order chi connectivity index (χ1) is 16.2. The van der Waals surface area contributed by atoms with E-state index in [4.69, 9.17) is 9.47 Å². The van der Waals surface area contributed by atoms with Gasteiger partial charge in [-0.05, 0) is 43.2 Å². The maximum Gasteiger partial charge on any atom is 0.338 e. The fraction of sp³-hybridized carbons (Fsp3) is 0.364. The number of nitrogens with one attached hydrogen (secondary N) is 1. The second kappa shape index (κ2) is 11.1. The number of ether oxygens (including phenoxy) is 2. The number of carbonyl (C=O) groups excluding carboxylic acids is 2. The number of sulfonamides is 1. The molecule has 1 fully saturated rings. The van der Waals surface area contributed by atoms with E-state index in [9.17, 15) is 28.1 Å². The highest BCUT2D eigenvalue weighted by molar-refractivity contribution is 7.89. The van der Waals surface area contributed by atoms with Gasteiger partial charge in [-0.1, -0.05) is 18.9 Å². The molecule has 0 unspecified atom stereocenters. The third-order valence-corrected chi connectivity index (χ3v) is 7.16. The summed E-state index contributed by atoms with van der Waals surface area (Å²) in [6.07, 6.45) is 3.59. The van der Waals surface area contributed by atoms with Crippen molar-refractivity contribution in [2.45, 2.75) is 30.6 Å². The average Bonchev–Trinajstić information content (AvgIpc) is 3.12. The van der Waals surface area contributed by atoms with E-state index >= 15 is 0 Å². The third-order valence-electron chi connectivity index (χ3n) is 5.27. The SMILES string of the molecule is COc1ccc(C(=O)OCC(=O)Nc2cccc(S(=O)(=O)N3CCCCCC3)c2)cc1[N+](=O)[O-]. The second-order valence-electron chi connectivity index (χ2n) is 7.61. The van der Waals surface area contributed by atoms with Gasteiger partial charge in [-0.3, -0.25) is 14.9 Å². The van der Waals surface area contributed by atoms with E-state index in [-0.39, 0.29) is 21.9 Å². The molecule has 0 saturated carbocycles. The lowest BCUT2D eigenvalue weighted by atomic mass is 10.2. The molecule has 0 atom stereocenters. The molecule has 1 heterocycles. The Hall–Kier alpha value is -3.51. The topological polar surface area (TPSA) is 145 Å². The number of hydrogen-bond acceptors (Lipinski definition) is 8. The van der Waals surface area contributed by atoms with Crippen molar-refractivity contribution in [3.63, 3.8) is 0 Å². The molecule has 182 valence electrons. The molecule has 2 aromatic carbocycles. The molecule has 0 aromatic heterocycles. The quantitative estimate of drug-likeness (QED) is 0.337. The Morgan fingerprint density at radius 3 is 2.44 bits per heavy atom. The van der Waals surface area contributed by atoms with Gasteiger partial charge in [-0.2, -0.15) is 4.31 Å². The Morgan fingerprint density at radius 2 is 1.79 bits per heavy atom. The molecule has 1 aliphatic heterocycles. The maximum absolute atomic E-state index is 13.0. The van der Waals surface area contributed by atoms with Crippen LogP contribution in [0, 0.1) is 10.1 Å². The van der Waals surface area contributed by atoms with Gasteiger partial charge in [-0.15, -0.1) is 0 Å². The van der Waals surface area contributed by atoms with Gasteiger partial charge >= 0.3 is 11.7 Å². The van der Waals surface area contributed by atoms with Gasteiger partial charge in [0.25, 0.3) is 5.91 Å². The summed E-state index contributed by atoms with van der Waals surface area (Å²) >= 11 is 0. The molecule has 1 saturated heterocycles. The summed E-state index contributed by atoms with van der Waals surface area (Å²) in [6.45, 7) is 0.249. The van der Waals surface area contributed by atoms with E-state index in [0.717, 1.165) is 31.7 Å². The maximum atomic E-state index is 13.0. The average molecular weight is 492 g/mol. The fourth-order valence-corrected chi connectivity index (χ4v) is 5.10. The number of anilines is 1. The molecular formula is C22H25N3O8S. The van der Waals surface area contributed by atoms with Gasteiger partial charge in [-0.25, -0.2) is 13.2 Å². The van der Waals surface area contributed by atoms with Crippen LogP contribution in [0.15, 0.2) is 47.4 Å². The molecule has 1 aliphatic rings. The molecule has 0 bridgehead atoms. The van der Waals surface area contributed by atoms with Crippen LogP contribution in [0.5, 0.6) is 5.75 Å². The highest BCUT2D eigenvalue weighted by Gasteiger charge is 2.25. The number of rotatable bonds is 8. The van der Waals surface area contributed by atoms with E-state index in [0.29, 0.717) is 13.1 Å². The van der Waals surface area contributed by atoms with Crippen LogP contribution in [-0.2, 0) is 19.6 Å². The number of amides is 1. The molecule has 3 rings (SSSR count). The number of nitro groups is 1. The van der Waals surface area contributed by atoms with Gasteiger partial charge in [0.2, 0.25) is 10.0 Å². The summed E-state index contributed by atoms with van der Waals surface area (Å²) in [5.74, 6) is -1.65. The molecule has 2 aromatic rings. The van der Waals surface area contributed by atoms with Gasteiger partial charge in [0.15, 0.2) is 12.4 Å². The van der Waals surface area contributed by atoms with Crippen LogP contribution in [0.4, 0.5) is 11.4 Å². The van der Waals surface area contributed by atoms with E-state index in [1.54, 1.807) is 0 Å². The first-order valence-electron chi connectivity index (χ1n) is 10.6. The Bertz CT molecular complexity index is 1170. The van der Waals surface area contributed by atoms with E-state index in [1.807, 2.05) is 0 Å². The van der Waals surface area contributed by atoms with Crippen LogP contribution in [0.2, 0.25) is 0 Å². The summed E-state index contributed by atoms with van der Waals surface area (Å²) in [5, 5.41) is 13.6. The van der Waals surface area contributed by atoms with Crippen LogP contribution in [0.25, 0.3) is 0 Å². The van der Waals surface area contributed by atoms with Crippen molar-refractivity contribution >= 4 is 33.3 Å². The zero-order valence-corrected chi connectivity index (χ0v) is 19.4. The smallest absolute Gasteiger partial charge is 0.338 e. The summed E-state index contributed by atoms with van der Waals surface area (Å²) in [7, 11) is -2.43. The first-order valence-corrected chi connectivity index (χ1v) is 12.1. The molecule has 12 heteroatoms. The summed E-state index contributed by atoms with van der Waals surface area (Å²) in [5.41, 5.74) is -0.299. The summed E-state index contributed by atoms with van der Waals surface area (Å²) in [4.78, 5) is 34.9. The summed E-state index contributed by atoms with van der Waals surface area (Å²) < 4.78 is 37.2. The van der Waals surface area contributed by atoms with Crippen molar-refractivity contribution in [3.8, 4) is 5.75 Å². The standard InChI is InChI=1S/C22H25N3O8S/c1-32-20-10-9-16(13-19(20)25(28)29)22(27)33-15-21(26)23-17-7-6-8-18(14-17)34(30,31)24-11-4-2-3-5-12-24/h6-10,13-14H,2-5,11-12,15H2,1H3,(H,23,26). The molecule has 0 radical (unpaired) electrons. The predicted octanol–water partition coefficient (Wildman–Crippen LogP) is 2.96. The van der Waals surface area contributed by atoms with Crippen molar-refractivity contribution in [2.75, 3.05) is 32.1 Å². The van der Waals surface area contributed by atoms with Gasteiger partial charge in [0.05, 0.1) is 22.5 Å². The lowest BCUT2D eigenvalue weighted by Gasteiger charge is -2.20. The second-order valence-corrected chi connectivity index (χ2v) is 9.55. The van der Waals surface area contributed by atoms with Crippen LogP contribution in [0.1, 0.15) is 36.0 Å². The highest BCUT2D eigenvalue weighted by atomic mass is 32.2. The van der Waals surface area contributed by atoms with Crippen molar-refractivity contribution < 1.29 is 32.4 Å². The Kier molecular flexibility index (Phi) is 8.18. The van der Waals surface area contributed by atoms with Crippen molar-refractivity contribution in [1.82, 2.24) is 4.31 Å². The van der Waals surface area contributed by atoms with E-state index in [2.05, 4.69) is 5.32 Å². The van der Waals surface area contributed by atoms with Gasteiger partial charge in [0.1, 0.15) is 0 Å². The monoisotopic (exact) mass is 491 g/mol. The van der Waals surface area contributed by atoms with Crippen LogP contribution < -0.4 is 10.1 Å². The normalized spacial score (nSPS) is 14.6. The number of hydrogen-bond donors (Lipinski definition) is 1. The third kappa shape index (κ3) is 6.08. The van der Waals surface area contributed by atoms with Crippen LogP contribution >= 0.6 is 0 Å². The lowest BCUT2D eigenvalue weighted by molar-refractivity contribution is -0.385. The van der Waals surface area contributed by atoms with E-state index < -0.39 is 39.1 Å². The zero-order valence-electron chi connectivity index (χ0n) is 18.6. The number of methoxy groups -OCH3 is 1. The number of nitro benzene ring substituents is 1. The van der Waals surface area contributed by atoms with Gasteiger partial charge in [0, 0.05) is 24.8 Å². The fourth-order valence-electron chi connectivity index (χ4n) is 3.54. The lowest BCUT2D eigenvalue weighted by Crippen LogP contribution is -2.32. The molecule has 1 amide bonds.